The summed E-state index contributed by atoms with van der Waals surface area (Å²) in [7, 11) is 0. The standard InChI is InChI=1S/C36H52N2O2/c1-26(2)19-24-36(40)38(34-17-9-6-10-18-35(34)39)25-29-20-22-31(23-21-29)33-16-12-11-15-32(33)28(4)37-27(3)30-13-7-5-8-14-30/h7,13-14,20-23,26-27,32-34,37H,4-6,8-12,15-19,24-25H2,1-3H3/t27-,32?,33-,34?/m0/s1. The van der Waals surface area contributed by atoms with Crippen molar-refractivity contribution in [2.24, 2.45) is 11.8 Å². The summed E-state index contributed by atoms with van der Waals surface area (Å²) in [5.41, 5.74) is 5.01. The third-order valence-corrected chi connectivity index (χ3v) is 9.30. The average Bonchev–Trinajstić information content (AvgIpc) is 3.19. The topological polar surface area (TPSA) is 49.4 Å². The molecule has 1 amide bonds. The van der Waals surface area contributed by atoms with Gasteiger partial charge in [-0.1, -0.05) is 88.6 Å². The summed E-state index contributed by atoms with van der Waals surface area (Å²) in [6.45, 7) is 11.6. The van der Waals surface area contributed by atoms with Crippen LogP contribution in [0, 0.1) is 11.8 Å². The summed E-state index contributed by atoms with van der Waals surface area (Å²) in [6, 6.07) is 8.94. The van der Waals surface area contributed by atoms with Crippen LogP contribution in [0.3, 0.4) is 0 Å². The average molecular weight is 545 g/mol. The molecule has 0 aliphatic heterocycles. The van der Waals surface area contributed by atoms with Crippen LogP contribution in [-0.4, -0.2) is 28.7 Å². The molecule has 2 unspecified atom stereocenters. The Kier molecular flexibility index (Phi) is 11.3. The van der Waals surface area contributed by atoms with E-state index < -0.39 is 0 Å². The predicted molar refractivity (Wildman–Crippen MR) is 166 cm³/mol. The maximum atomic E-state index is 13.4. The molecule has 1 aromatic rings. The van der Waals surface area contributed by atoms with Gasteiger partial charge in [0, 0.05) is 37.0 Å². The van der Waals surface area contributed by atoms with E-state index in [0.717, 1.165) is 56.2 Å². The number of ketones is 1. The molecule has 0 radical (unpaired) electrons. The number of rotatable bonds is 11. The zero-order valence-corrected chi connectivity index (χ0v) is 25.3. The van der Waals surface area contributed by atoms with Crippen LogP contribution in [0.2, 0.25) is 0 Å². The van der Waals surface area contributed by atoms with Gasteiger partial charge in [-0.3, -0.25) is 9.59 Å². The third-order valence-electron chi connectivity index (χ3n) is 9.30. The summed E-state index contributed by atoms with van der Waals surface area (Å²) in [5.74, 6) is 1.73. The number of hydrogen-bond donors (Lipinski definition) is 1. The van der Waals surface area contributed by atoms with E-state index in [4.69, 9.17) is 0 Å². The van der Waals surface area contributed by atoms with Gasteiger partial charge >= 0.3 is 0 Å². The minimum absolute atomic E-state index is 0.129. The van der Waals surface area contributed by atoms with Crippen molar-refractivity contribution in [1.29, 1.82) is 0 Å². The number of carbonyl (C=O) groups excluding carboxylic acids is 2. The van der Waals surface area contributed by atoms with E-state index in [-0.39, 0.29) is 23.8 Å². The Morgan fingerprint density at radius 3 is 2.48 bits per heavy atom. The molecule has 2 fully saturated rings. The summed E-state index contributed by atoms with van der Waals surface area (Å²) in [5, 5.41) is 3.74. The molecular formula is C36H52N2O2. The van der Waals surface area contributed by atoms with Gasteiger partial charge in [0.2, 0.25) is 5.91 Å². The van der Waals surface area contributed by atoms with Crippen LogP contribution in [0.15, 0.2) is 60.3 Å². The van der Waals surface area contributed by atoms with E-state index >= 15 is 0 Å². The Labute approximate surface area is 243 Å². The van der Waals surface area contributed by atoms with Crippen LogP contribution in [0.1, 0.15) is 121 Å². The Balaban J connectivity index is 1.46. The fourth-order valence-corrected chi connectivity index (χ4v) is 6.84. The lowest BCUT2D eigenvalue weighted by molar-refractivity contribution is -0.140. The van der Waals surface area contributed by atoms with Gasteiger partial charge in [-0.25, -0.2) is 0 Å². The molecule has 0 saturated heterocycles. The SMILES string of the molecule is C=C(N[C@@H](C)C1=CCCC=C1)C1CCCC[C@H]1c1ccc(CN(C(=O)CCC(C)C)C2CCCCCC2=O)cc1. The van der Waals surface area contributed by atoms with Gasteiger partial charge in [0.1, 0.15) is 0 Å². The summed E-state index contributed by atoms with van der Waals surface area (Å²) < 4.78 is 0. The number of nitrogens with zero attached hydrogens (tertiary/aromatic N) is 1. The highest BCUT2D eigenvalue weighted by Gasteiger charge is 2.32. The molecule has 0 heterocycles. The highest BCUT2D eigenvalue weighted by Crippen LogP contribution is 2.41. The Morgan fingerprint density at radius 2 is 1.75 bits per heavy atom. The molecule has 3 aliphatic carbocycles. The van der Waals surface area contributed by atoms with Crippen molar-refractivity contribution >= 4 is 11.7 Å². The first kappa shape index (κ1) is 30.3. The zero-order chi connectivity index (χ0) is 28.5. The van der Waals surface area contributed by atoms with Crippen LogP contribution >= 0.6 is 0 Å². The van der Waals surface area contributed by atoms with Crippen molar-refractivity contribution in [3.63, 3.8) is 0 Å². The van der Waals surface area contributed by atoms with E-state index in [1.165, 1.54) is 36.8 Å². The summed E-state index contributed by atoms with van der Waals surface area (Å²) in [6.07, 6.45) is 19.8. The Hall–Kier alpha value is -2.62. The molecule has 2 saturated carbocycles. The molecule has 4 nitrogen and oxygen atoms in total. The molecule has 3 aliphatic rings. The lowest BCUT2D eigenvalue weighted by atomic mass is 9.74. The highest BCUT2D eigenvalue weighted by molar-refractivity contribution is 5.89. The van der Waals surface area contributed by atoms with Crippen molar-refractivity contribution in [2.75, 3.05) is 0 Å². The van der Waals surface area contributed by atoms with Crippen molar-refractivity contribution in [2.45, 2.75) is 129 Å². The molecule has 40 heavy (non-hydrogen) atoms. The zero-order valence-electron chi connectivity index (χ0n) is 25.3. The molecule has 218 valence electrons. The minimum Gasteiger partial charge on any atom is -0.382 e. The lowest BCUT2D eigenvalue weighted by Crippen LogP contribution is -2.44. The molecule has 4 heteroatoms. The van der Waals surface area contributed by atoms with Gasteiger partial charge in [-0.2, -0.15) is 0 Å². The largest absolute Gasteiger partial charge is 0.382 e. The molecule has 0 spiro atoms. The van der Waals surface area contributed by atoms with Gasteiger partial charge in [0.05, 0.1) is 6.04 Å². The number of nitrogens with one attached hydrogen (secondary N) is 1. The second-order valence-electron chi connectivity index (χ2n) is 12.8. The summed E-state index contributed by atoms with van der Waals surface area (Å²) >= 11 is 0. The van der Waals surface area contributed by atoms with Crippen molar-refractivity contribution in [1.82, 2.24) is 10.2 Å². The van der Waals surface area contributed by atoms with Crippen LogP contribution in [0.25, 0.3) is 0 Å². The Morgan fingerprint density at radius 1 is 1.00 bits per heavy atom. The first-order valence-electron chi connectivity index (χ1n) is 16.1. The molecule has 0 bridgehead atoms. The maximum Gasteiger partial charge on any atom is 0.223 e. The highest BCUT2D eigenvalue weighted by atomic mass is 16.2. The minimum atomic E-state index is -0.268. The van der Waals surface area contributed by atoms with Gasteiger partial charge < -0.3 is 10.2 Å². The van der Waals surface area contributed by atoms with E-state index in [0.29, 0.717) is 37.1 Å². The van der Waals surface area contributed by atoms with Crippen molar-refractivity contribution in [3.05, 3.63) is 71.5 Å². The molecule has 0 aromatic heterocycles. The van der Waals surface area contributed by atoms with Gasteiger partial charge in [-0.15, -0.1) is 0 Å². The van der Waals surface area contributed by atoms with E-state index in [9.17, 15) is 9.59 Å². The molecule has 1 aromatic carbocycles. The van der Waals surface area contributed by atoms with E-state index in [1.807, 2.05) is 4.90 Å². The van der Waals surface area contributed by atoms with E-state index in [2.05, 4.69) is 75.2 Å². The Bertz CT molecular complexity index is 1070. The number of carbonyl (C=O) groups is 2. The maximum absolute atomic E-state index is 13.4. The van der Waals surface area contributed by atoms with Crippen LogP contribution < -0.4 is 5.32 Å². The van der Waals surface area contributed by atoms with Gasteiger partial charge in [0.15, 0.2) is 5.78 Å². The number of Topliss-reactive ketones (excluding diaryl/α,β-unsaturated/α-hetero) is 1. The predicted octanol–water partition coefficient (Wildman–Crippen LogP) is 8.40. The second kappa shape index (κ2) is 14.8. The quantitative estimate of drug-likeness (QED) is 0.285. The number of allylic oxidation sites excluding steroid dienone is 3. The normalized spacial score (nSPS) is 24.2. The number of amides is 1. The van der Waals surface area contributed by atoms with Crippen molar-refractivity contribution in [3.8, 4) is 0 Å². The molecule has 4 rings (SSSR count). The molecular weight excluding hydrogens is 492 g/mol. The number of hydrogen-bond acceptors (Lipinski definition) is 3. The van der Waals surface area contributed by atoms with Gasteiger partial charge in [0.25, 0.3) is 0 Å². The smallest absolute Gasteiger partial charge is 0.223 e. The lowest BCUT2D eigenvalue weighted by Gasteiger charge is -2.35. The van der Waals surface area contributed by atoms with Crippen LogP contribution in [-0.2, 0) is 16.1 Å². The van der Waals surface area contributed by atoms with E-state index in [1.54, 1.807) is 0 Å². The first-order chi connectivity index (χ1) is 19.3. The molecule has 4 atom stereocenters. The van der Waals surface area contributed by atoms with Crippen molar-refractivity contribution < 1.29 is 9.59 Å². The van der Waals surface area contributed by atoms with Crippen LogP contribution in [0.4, 0.5) is 0 Å². The van der Waals surface area contributed by atoms with Gasteiger partial charge in [-0.05, 0) is 80.4 Å². The number of benzene rings is 1. The molecule has 1 N–H and O–H groups in total. The third kappa shape index (κ3) is 8.21. The monoisotopic (exact) mass is 544 g/mol. The van der Waals surface area contributed by atoms with Crippen LogP contribution in [0.5, 0.6) is 0 Å². The fraction of sp³-hybridized carbons (Fsp3) is 0.611. The fourth-order valence-electron chi connectivity index (χ4n) is 6.84. The first-order valence-corrected chi connectivity index (χ1v) is 16.1. The second-order valence-corrected chi connectivity index (χ2v) is 12.8. The summed E-state index contributed by atoms with van der Waals surface area (Å²) in [4.78, 5) is 28.3.